The van der Waals surface area contributed by atoms with E-state index in [-0.39, 0.29) is 22.3 Å². The summed E-state index contributed by atoms with van der Waals surface area (Å²) in [7, 11) is 0. The molecule has 8 heteroatoms. The molecule has 1 unspecified atom stereocenters. The Labute approximate surface area is 216 Å². The van der Waals surface area contributed by atoms with E-state index < -0.39 is 23.5 Å². The number of carbonyl (C=O) groups excluding carboxylic acids is 2. The fourth-order valence-electron chi connectivity index (χ4n) is 4.26. The molecule has 1 saturated heterocycles. The first kappa shape index (κ1) is 24.2. The van der Waals surface area contributed by atoms with Crippen LogP contribution in [0, 0.1) is 5.82 Å². The monoisotopic (exact) mass is 520 g/mol. The van der Waals surface area contributed by atoms with E-state index in [9.17, 15) is 19.1 Å². The molecule has 1 aliphatic heterocycles. The van der Waals surface area contributed by atoms with Gasteiger partial charge in [0, 0.05) is 10.6 Å². The molecule has 0 saturated carbocycles. The number of ketones is 1. The number of halogens is 2. The van der Waals surface area contributed by atoms with Crippen LogP contribution in [-0.4, -0.2) is 21.8 Å². The Hall–Kier alpha value is -3.55. The summed E-state index contributed by atoms with van der Waals surface area (Å²) in [4.78, 5) is 32.6. The van der Waals surface area contributed by atoms with Crippen molar-refractivity contribution >= 4 is 55.7 Å². The number of amides is 1. The highest BCUT2D eigenvalue weighted by Gasteiger charge is 2.48. The van der Waals surface area contributed by atoms with Crippen molar-refractivity contribution < 1.29 is 19.1 Å². The quantitative estimate of drug-likeness (QED) is 0.179. The van der Waals surface area contributed by atoms with Gasteiger partial charge in [0.15, 0.2) is 5.13 Å². The van der Waals surface area contributed by atoms with Crippen molar-refractivity contribution in [3.05, 3.63) is 99.8 Å². The van der Waals surface area contributed by atoms with Crippen molar-refractivity contribution in [1.29, 1.82) is 0 Å². The molecule has 3 aromatic carbocycles. The number of thiazole rings is 1. The third kappa shape index (κ3) is 4.18. The van der Waals surface area contributed by atoms with E-state index in [2.05, 4.69) is 25.8 Å². The maximum atomic E-state index is 13.5. The van der Waals surface area contributed by atoms with Crippen LogP contribution in [0.1, 0.15) is 43.5 Å². The highest BCUT2D eigenvalue weighted by molar-refractivity contribution is 7.22. The van der Waals surface area contributed by atoms with Crippen molar-refractivity contribution in [1.82, 2.24) is 4.98 Å². The van der Waals surface area contributed by atoms with Crippen molar-refractivity contribution in [2.24, 2.45) is 0 Å². The molecular weight excluding hydrogens is 499 g/mol. The number of hydrogen-bond donors (Lipinski definition) is 1. The standard InChI is InChI=1S/C28H22ClFN2O3S/c1-28(2,3)17-8-4-15(5-9-17)23-22(24(33)16-6-11-19(30)12-7-16)25(34)26(35)32(23)27-31-20-13-10-18(29)14-21(20)36-27/h4-14,23,33H,1-3H3. The van der Waals surface area contributed by atoms with Crippen LogP contribution in [0.15, 0.2) is 72.3 Å². The molecule has 5 nitrogen and oxygen atoms in total. The fourth-order valence-corrected chi connectivity index (χ4v) is 5.53. The minimum Gasteiger partial charge on any atom is -0.507 e. The largest absolute Gasteiger partial charge is 0.507 e. The number of aliphatic hydroxyl groups is 1. The van der Waals surface area contributed by atoms with E-state index >= 15 is 0 Å². The van der Waals surface area contributed by atoms with Gasteiger partial charge in [-0.1, -0.05) is 68.0 Å². The Morgan fingerprint density at radius 2 is 1.69 bits per heavy atom. The number of hydrogen-bond acceptors (Lipinski definition) is 5. The molecule has 2 heterocycles. The number of carbonyl (C=O) groups is 2. The van der Waals surface area contributed by atoms with Crippen LogP contribution < -0.4 is 4.90 Å². The summed E-state index contributed by atoms with van der Waals surface area (Å²) in [5.74, 6) is -2.48. The molecule has 4 aromatic rings. The third-order valence-electron chi connectivity index (χ3n) is 6.20. The highest BCUT2D eigenvalue weighted by Crippen LogP contribution is 2.44. The molecular formula is C28H22ClFN2O3S. The topological polar surface area (TPSA) is 70.5 Å². The van der Waals surface area contributed by atoms with Crippen molar-refractivity contribution in [3.8, 4) is 0 Å². The lowest BCUT2D eigenvalue weighted by Gasteiger charge is -2.24. The van der Waals surface area contributed by atoms with Gasteiger partial charge >= 0.3 is 5.91 Å². The molecule has 1 atom stereocenters. The van der Waals surface area contributed by atoms with E-state index in [4.69, 9.17) is 11.6 Å². The lowest BCUT2D eigenvalue weighted by atomic mass is 9.85. The summed E-state index contributed by atoms with van der Waals surface area (Å²) in [5.41, 5.74) is 2.43. The van der Waals surface area contributed by atoms with E-state index in [0.717, 1.165) is 10.3 Å². The van der Waals surface area contributed by atoms with Gasteiger partial charge in [-0.2, -0.15) is 0 Å². The number of aliphatic hydroxyl groups excluding tert-OH is 1. The summed E-state index contributed by atoms with van der Waals surface area (Å²) < 4.78 is 14.3. The number of aromatic nitrogens is 1. The van der Waals surface area contributed by atoms with Gasteiger partial charge in [-0.05, 0) is 59.0 Å². The number of rotatable bonds is 3. The third-order valence-corrected chi connectivity index (χ3v) is 7.45. The van der Waals surface area contributed by atoms with Gasteiger partial charge < -0.3 is 5.11 Å². The zero-order chi connectivity index (χ0) is 25.8. The Morgan fingerprint density at radius 1 is 1.03 bits per heavy atom. The molecule has 0 radical (unpaired) electrons. The first-order valence-electron chi connectivity index (χ1n) is 11.3. The number of nitrogens with zero attached hydrogens (tertiary/aromatic N) is 2. The summed E-state index contributed by atoms with van der Waals surface area (Å²) in [5, 5.41) is 12.0. The second kappa shape index (κ2) is 8.84. The summed E-state index contributed by atoms with van der Waals surface area (Å²) >= 11 is 7.37. The van der Waals surface area contributed by atoms with E-state index in [1.54, 1.807) is 18.2 Å². The average molecular weight is 521 g/mol. The SMILES string of the molecule is CC(C)(C)c1ccc(C2C(=C(O)c3ccc(F)cc3)C(=O)C(=O)N2c2nc3ccc(Cl)cc3s2)cc1. The molecule has 5 rings (SSSR count). The van der Waals surface area contributed by atoms with Gasteiger partial charge in [0.25, 0.3) is 5.78 Å². The lowest BCUT2D eigenvalue weighted by Crippen LogP contribution is -2.29. The minimum absolute atomic E-state index is 0.0765. The molecule has 1 aliphatic rings. The maximum absolute atomic E-state index is 13.5. The Balaban J connectivity index is 1.71. The molecule has 1 N–H and O–H groups in total. The van der Waals surface area contributed by atoms with Crippen LogP contribution in [0.3, 0.4) is 0 Å². The maximum Gasteiger partial charge on any atom is 0.301 e. The highest BCUT2D eigenvalue weighted by atomic mass is 35.5. The van der Waals surface area contributed by atoms with Crippen LogP contribution in [0.2, 0.25) is 5.02 Å². The van der Waals surface area contributed by atoms with Crippen LogP contribution >= 0.6 is 22.9 Å². The van der Waals surface area contributed by atoms with Crippen LogP contribution in [-0.2, 0) is 15.0 Å². The molecule has 0 aliphatic carbocycles. The molecule has 0 spiro atoms. The van der Waals surface area contributed by atoms with Gasteiger partial charge in [0.1, 0.15) is 11.6 Å². The molecule has 1 aromatic heterocycles. The zero-order valence-electron chi connectivity index (χ0n) is 19.8. The predicted molar refractivity (Wildman–Crippen MR) is 141 cm³/mol. The predicted octanol–water partition coefficient (Wildman–Crippen LogP) is 7.01. The molecule has 1 fully saturated rings. The fraction of sp³-hybridized carbons (Fsp3) is 0.179. The van der Waals surface area contributed by atoms with Crippen molar-refractivity contribution in [3.63, 3.8) is 0 Å². The average Bonchev–Trinajstić information content (AvgIpc) is 3.36. The van der Waals surface area contributed by atoms with Crippen molar-refractivity contribution in [2.75, 3.05) is 4.90 Å². The number of Topliss-reactive ketones (excluding diaryl/α,β-unsaturated/α-hetero) is 1. The Bertz CT molecular complexity index is 1540. The summed E-state index contributed by atoms with van der Waals surface area (Å²) in [6.45, 7) is 6.28. The van der Waals surface area contributed by atoms with E-state index in [0.29, 0.717) is 21.2 Å². The van der Waals surface area contributed by atoms with Gasteiger partial charge in [0.05, 0.1) is 21.8 Å². The van der Waals surface area contributed by atoms with E-state index in [1.807, 2.05) is 24.3 Å². The van der Waals surface area contributed by atoms with Gasteiger partial charge in [-0.25, -0.2) is 9.37 Å². The minimum atomic E-state index is -0.917. The second-order valence-corrected chi connectivity index (χ2v) is 11.1. The molecule has 36 heavy (non-hydrogen) atoms. The number of benzene rings is 3. The van der Waals surface area contributed by atoms with Crippen LogP contribution in [0.4, 0.5) is 9.52 Å². The van der Waals surface area contributed by atoms with Crippen molar-refractivity contribution in [2.45, 2.75) is 32.2 Å². The Morgan fingerprint density at radius 3 is 2.33 bits per heavy atom. The summed E-state index contributed by atoms with van der Waals surface area (Å²) in [6, 6.07) is 17.0. The molecule has 0 bridgehead atoms. The normalized spacial score (nSPS) is 17.8. The first-order valence-corrected chi connectivity index (χ1v) is 12.5. The Kier molecular flexibility index (Phi) is 5.93. The van der Waals surface area contributed by atoms with Crippen LogP contribution in [0.5, 0.6) is 0 Å². The smallest absolute Gasteiger partial charge is 0.301 e. The van der Waals surface area contributed by atoms with Crippen LogP contribution in [0.25, 0.3) is 16.0 Å². The molecule has 182 valence electrons. The molecule has 1 amide bonds. The zero-order valence-corrected chi connectivity index (χ0v) is 21.3. The van der Waals surface area contributed by atoms with Gasteiger partial charge in [0.2, 0.25) is 0 Å². The summed E-state index contributed by atoms with van der Waals surface area (Å²) in [6.07, 6.45) is 0. The van der Waals surface area contributed by atoms with Gasteiger partial charge in [-0.15, -0.1) is 0 Å². The van der Waals surface area contributed by atoms with E-state index in [1.165, 1.54) is 40.5 Å². The number of anilines is 1. The first-order chi connectivity index (χ1) is 17.0. The lowest BCUT2D eigenvalue weighted by molar-refractivity contribution is -0.132. The van der Waals surface area contributed by atoms with Gasteiger partial charge in [-0.3, -0.25) is 14.5 Å². The second-order valence-electron chi connectivity index (χ2n) is 9.66. The number of fused-ring (bicyclic) bond motifs is 1.